The zero-order valence-electron chi connectivity index (χ0n) is 10.8. The van der Waals surface area contributed by atoms with Gasteiger partial charge in [0.2, 0.25) is 5.91 Å². The molecular weight excluding hydrogens is 212 g/mol. The highest BCUT2D eigenvalue weighted by Gasteiger charge is 2.50. The summed E-state index contributed by atoms with van der Waals surface area (Å²) in [5.74, 6) is 1.70. The third kappa shape index (κ3) is 1.79. The summed E-state index contributed by atoms with van der Waals surface area (Å²) in [4.78, 5) is 14.6. The van der Waals surface area contributed by atoms with E-state index in [0.29, 0.717) is 23.8 Å². The number of nitrogens with zero attached hydrogens (tertiary/aromatic N) is 1. The van der Waals surface area contributed by atoms with E-state index in [-0.39, 0.29) is 12.0 Å². The maximum atomic E-state index is 12.6. The number of rotatable bonds is 2. The predicted octanol–water partition coefficient (Wildman–Crippen LogP) is 1.76. The molecule has 0 spiro atoms. The van der Waals surface area contributed by atoms with E-state index in [1.54, 1.807) is 0 Å². The molecule has 0 aromatic rings. The van der Waals surface area contributed by atoms with Crippen molar-refractivity contribution in [2.45, 2.75) is 57.0 Å². The molecule has 1 amide bonds. The monoisotopic (exact) mass is 236 g/mol. The molecule has 2 N–H and O–H groups in total. The Labute approximate surface area is 104 Å². The molecule has 3 aliphatic rings. The molecule has 3 fully saturated rings. The van der Waals surface area contributed by atoms with Gasteiger partial charge in [0.1, 0.15) is 0 Å². The fourth-order valence-electron chi connectivity index (χ4n) is 4.41. The number of hydrogen-bond acceptors (Lipinski definition) is 2. The van der Waals surface area contributed by atoms with Gasteiger partial charge in [0.25, 0.3) is 0 Å². The van der Waals surface area contributed by atoms with Crippen molar-refractivity contribution in [1.29, 1.82) is 0 Å². The van der Waals surface area contributed by atoms with Gasteiger partial charge in [-0.1, -0.05) is 12.8 Å². The average molecular weight is 236 g/mol. The Kier molecular flexibility index (Phi) is 2.89. The zero-order chi connectivity index (χ0) is 12.0. The minimum absolute atomic E-state index is 0.138. The lowest BCUT2D eigenvalue weighted by Crippen LogP contribution is -2.48. The number of hydrogen-bond donors (Lipinski definition) is 1. The second-order valence-corrected chi connectivity index (χ2v) is 6.32. The quantitative estimate of drug-likeness (QED) is 0.794. The van der Waals surface area contributed by atoms with Crippen LogP contribution in [0.25, 0.3) is 0 Å². The summed E-state index contributed by atoms with van der Waals surface area (Å²) in [6, 6.07) is 0.638. The standard InChI is InChI=1S/C14H24N2O/c1-16(11-4-2-3-5-11)14(17)12-9-6-7-10(8-9)13(12)15/h9-13H,2-8,15H2,1H3. The molecule has 3 nitrogen and oxygen atoms in total. The lowest BCUT2D eigenvalue weighted by Gasteiger charge is -2.33. The number of carbonyl (C=O) groups excluding carboxylic acids is 1. The van der Waals surface area contributed by atoms with E-state index in [1.807, 2.05) is 11.9 Å². The van der Waals surface area contributed by atoms with Crippen molar-refractivity contribution in [3.63, 3.8) is 0 Å². The number of nitrogens with two attached hydrogens (primary N) is 1. The fraction of sp³-hybridized carbons (Fsp3) is 0.929. The topological polar surface area (TPSA) is 46.3 Å². The van der Waals surface area contributed by atoms with Crippen LogP contribution in [0.4, 0.5) is 0 Å². The molecule has 0 aromatic heterocycles. The second kappa shape index (κ2) is 4.27. The van der Waals surface area contributed by atoms with Gasteiger partial charge >= 0.3 is 0 Å². The van der Waals surface area contributed by atoms with Crippen LogP contribution in [0.15, 0.2) is 0 Å². The van der Waals surface area contributed by atoms with Crippen LogP contribution in [-0.4, -0.2) is 29.9 Å². The summed E-state index contributed by atoms with van der Waals surface area (Å²) in [7, 11) is 2.00. The smallest absolute Gasteiger partial charge is 0.227 e. The van der Waals surface area contributed by atoms with Gasteiger partial charge in [-0.3, -0.25) is 4.79 Å². The van der Waals surface area contributed by atoms with E-state index < -0.39 is 0 Å². The molecule has 0 heterocycles. The summed E-state index contributed by atoms with van der Waals surface area (Å²) >= 11 is 0. The molecule has 17 heavy (non-hydrogen) atoms. The van der Waals surface area contributed by atoms with Crippen molar-refractivity contribution in [3.8, 4) is 0 Å². The van der Waals surface area contributed by atoms with Crippen LogP contribution in [0.1, 0.15) is 44.9 Å². The zero-order valence-corrected chi connectivity index (χ0v) is 10.8. The van der Waals surface area contributed by atoms with Crippen LogP contribution in [0.3, 0.4) is 0 Å². The number of amides is 1. The maximum Gasteiger partial charge on any atom is 0.227 e. The van der Waals surface area contributed by atoms with Crippen molar-refractivity contribution in [2.75, 3.05) is 7.05 Å². The molecule has 3 heteroatoms. The van der Waals surface area contributed by atoms with E-state index in [0.717, 1.165) is 0 Å². The normalized spacial score (nSPS) is 41.1. The Hall–Kier alpha value is -0.570. The number of carbonyl (C=O) groups is 1. The van der Waals surface area contributed by atoms with Gasteiger partial charge in [0.05, 0.1) is 5.92 Å². The lowest BCUT2D eigenvalue weighted by molar-refractivity contribution is -0.138. The van der Waals surface area contributed by atoms with Crippen molar-refractivity contribution in [2.24, 2.45) is 23.5 Å². The maximum absolute atomic E-state index is 12.6. The van der Waals surface area contributed by atoms with Crippen molar-refractivity contribution < 1.29 is 4.79 Å². The molecule has 3 rings (SSSR count). The minimum atomic E-state index is 0.138. The molecule has 0 aromatic carbocycles. The van der Waals surface area contributed by atoms with Crippen LogP contribution in [0, 0.1) is 17.8 Å². The van der Waals surface area contributed by atoms with E-state index in [2.05, 4.69) is 0 Å². The van der Waals surface area contributed by atoms with Crippen molar-refractivity contribution >= 4 is 5.91 Å². The molecular formula is C14H24N2O. The third-order valence-corrected chi connectivity index (χ3v) is 5.49. The first kappa shape index (κ1) is 11.5. The molecule has 3 saturated carbocycles. The minimum Gasteiger partial charge on any atom is -0.342 e. The molecule has 0 saturated heterocycles. The third-order valence-electron chi connectivity index (χ3n) is 5.49. The Morgan fingerprint density at radius 1 is 1.12 bits per heavy atom. The van der Waals surface area contributed by atoms with Crippen LogP contribution in [0.2, 0.25) is 0 Å². The first-order valence-corrected chi connectivity index (χ1v) is 7.20. The molecule has 0 aliphatic heterocycles. The highest BCUT2D eigenvalue weighted by Crippen LogP contribution is 2.48. The van der Waals surface area contributed by atoms with Crippen LogP contribution in [0.5, 0.6) is 0 Å². The van der Waals surface area contributed by atoms with Gasteiger partial charge < -0.3 is 10.6 Å². The molecule has 4 atom stereocenters. The van der Waals surface area contributed by atoms with E-state index >= 15 is 0 Å². The molecule has 2 bridgehead atoms. The van der Waals surface area contributed by atoms with Gasteiger partial charge in [-0.05, 0) is 43.9 Å². The molecule has 0 radical (unpaired) electrons. The van der Waals surface area contributed by atoms with Crippen molar-refractivity contribution in [3.05, 3.63) is 0 Å². The summed E-state index contributed by atoms with van der Waals surface area (Å²) in [5, 5.41) is 0. The van der Waals surface area contributed by atoms with E-state index in [4.69, 9.17) is 5.73 Å². The lowest BCUT2D eigenvalue weighted by atomic mass is 9.84. The Morgan fingerprint density at radius 2 is 1.76 bits per heavy atom. The summed E-state index contributed by atoms with van der Waals surface area (Å²) in [5.41, 5.74) is 6.25. The summed E-state index contributed by atoms with van der Waals surface area (Å²) in [6.07, 6.45) is 8.64. The van der Waals surface area contributed by atoms with Crippen LogP contribution < -0.4 is 5.73 Å². The fourth-order valence-corrected chi connectivity index (χ4v) is 4.41. The first-order valence-electron chi connectivity index (χ1n) is 7.20. The molecule has 3 aliphatic carbocycles. The van der Waals surface area contributed by atoms with Crippen LogP contribution >= 0.6 is 0 Å². The average Bonchev–Trinajstić information content (AvgIpc) is 3.03. The highest BCUT2D eigenvalue weighted by molar-refractivity contribution is 5.80. The SMILES string of the molecule is CN(C(=O)C1C2CCC(C2)C1N)C1CCCC1. The van der Waals surface area contributed by atoms with E-state index in [1.165, 1.54) is 44.9 Å². The Balaban J connectivity index is 1.69. The molecule has 4 unspecified atom stereocenters. The van der Waals surface area contributed by atoms with Gasteiger partial charge in [0, 0.05) is 19.1 Å². The Morgan fingerprint density at radius 3 is 2.35 bits per heavy atom. The van der Waals surface area contributed by atoms with Gasteiger partial charge in [-0.25, -0.2) is 0 Å². The molecule has 96 valence electrons. The predicted molar refractivity (Wildman–Crippen MR) is 67.3 cm³/mol. The summed E-state index contributed by atoms with van der Waals surface area (Å²) < 4.78 is 0. The van der Waals surface area contributed by atoms with Gasteiger partial charge in [-0.2, -0.15) is 0 Å². The van der Waals surface area contributed by atoms with Gasteiger partial charge in [0.15, 0.2) is 0 Å². The first-order chi connectivity index (χ1) is 8.18. The largest absolute Gasteiger partial charge is 0.342 e. The van der Waals surface area contributed by atoms with E-state index in [9.17, 15) is 4.79 Å². The number of fused-ring (bicyclic) bond motifs is 2. The van der Waals surface area contributed by atoms with Crippen LogP contribution in [-0.2, 0) is 4.79 Å². The highest BCUT2D eigenvalue weighted by atomic mass is 16.2. The Bertz CT molecular complexity index is 309. The summed E-state index contributed by atoms with van der Waals surface area (Å²) in [6.45, 7) is 0. The van der Waals surface area contributed by atoms with Crippen molar-refractivity contribution in [1.82, 2.24) is 4.90 Å². The second-order valence-electron chi connectivity index (χ2n) is 6.32. The van der Waals surface area contributed by atoms with Gasteiger partial charge in [-0.15, -0.1) is 0 Å².